The summed E-state index contributed by atoms with van der Waals surface area (Å²) in [5.41, 5.74) is 2.46. The molecule has 2 heteroatoms. The lowest BCUT2D eigenvalue weighted by molar-refractivity contribution is 0.267. The van der Waals surface area contributed by atoms with Crippen LogP contribution in [0.1, 0.15) is 25.0 Å². The molecule has 88 valence electrons. The molecule has 0 heterocycles. The first-order valence-corrected chi connectivity index (χ1v) is 5.76. The van der Waals surface area contributed by atoms with Gasteiger partial charge in [0.05, 0.1) is 0 Å². The predicted molar refractivity (Wildman–Crippen MR) is 68.8 cm³/mol. The fraction of sp³-hybridized carbons (Fsp3) is 0.429. The molecular formula is C14H21NO. The molecule has 1 atom stereocenters. The lowest BCUT2D eigenvalue weighted by atomic mass is 10.1. The summed E-state index contributed by atoms with van der Waals surface area (Å²) in [5.74, 6) is 0.943. The minimum atomic E-state index is 0.0445. The molecule has 0 aromatic heterocycles. The third-order valence-corrected chi connectivity index (χ3v) is 2.43. The molecule has 16 heavy (non-hydrogen) atoms. The first-order valence-electron chi connectivity index (χ1n) is 5.76. The van der Waals surface area contributed by atoms with Gasteiger partial charge in [-0.15, -0.1) is 0 Å². The Morgan fingerprint density at radius 2 is 2.25 bits per heavy atom. The largest absolute Gasteiger partial charge is 0.486 e. The van der Waals surface area contributed by atoms with E-state index in [9.17, 15) is 0 Å². The minimum Gasteiger partial charge on any atom is -0.486 e. The monoisotopic (exact) mass is 219 g/mol. The zero-order chi connectivity index (χ0) is 12.0. The van der Waals surface area contributed by atoms with Crippen LogP contribution in [-0.2, 0) is 6.54 Å². The van der Waals surface area contributed by atoms with Gasteiger partial charge in [-0.05, 0) is 26.5 Å². The van der Waals surface area contributed by atoms with E-state index in [0.29, 0.717) is 0 Å². The highest BCUT2D eigenvalue weighted by atomic mass is 16.5. The van der Waals surface area contributed by atoms with Crippen LogP contribution in [0.2, 0.25) is 0 Å². The Kier molecular flexibility index (Phi) is 5.06. The molecule has 0 aliphatic heterocycles. The Hall–Kier alpha value is -1.28. The van der Waals surface area contributed by atoms with E-state index in [-0.39, 0.29) is 6.10 Å². The average molecular weight is 219 g/mol. The maximum absolute atomic E-state index is 5.79. The van der Waals surface area contributed by atoms with Crippen molar-refractivity contribution in [3.63, 3.8) is 0 Å². The molecule has 1 unspecified atom stereocenters. The van der Waals surface area contributed by atoms with Crippen molar-refractivity contribution in [2.45, 2.75) is 33.4 Å². The molecule has 0 saturated heterocycles. The van der Waals surface area contributed by atoms with E-state index in [4.69, 9.17) is 4.74 Å². The van der Waals surface area contributed by atoms with Crippen LogP contribution in [0.3, 0.4) is 0 Å². The van der Waals surface area contributed by atoms with Crippen LogP contribution in [0, 0.1) is 6.92 Å². The third-order valence-electron chi connectivity index (χ3n) is 2.43. The molecule has 1 aromatic rings. The highest BCUT2D eigenvalue weighted by molar-refractivity contribution is 5.37. The molecule has 0 saturated carbocycles. The normalized spacial score (nSPS) is 12.2. The van der Waals surface area contributed by atoms with Gasteiger partial charge in [-0.25, -0.2) is 0 Å². The Balaban J connectivity index is 2.84. The molecule has 1 N–H and O–H groups in total. The summed E-state index contributed by atoms with van der Waals surface area (Å²) >= 11 is 0. The zero-order valence-electron chi connectivity index (χ0n) is 10.4. The van der Waals surface area contributed by atoms with Crippen LogP contribution in [0.25, 0.3) is 0 Å². The van der Waals surface area contributed by atoms with E-state index < -0.39 is 0 Å². The minimum absolute atomic E-state index is 0.0445. The van der Waals surface area contributed by atoms with Gasteiger partial charge in [0.15, 0.2) is 0 Å². The van der Waals surface area contributed by atoms with E-state index in [2.05, 4.69) is 37.9 Å². The van der Waals surface area contributed by atoms with E-state index >= 15 is 0 Å². The number of rotatable bonds is 6. The van der Waals surface area contributed by atoms with Crippen LogP contribution >= 0.6 is 0 Å². The van der Waals surface area contributed by atoms with Crippen LogP contribution < -0.4 is 10.1 Å². The summed E-state index contributed by atoms with van der Waals surface area (Å²) in [6, 6.07) is 6.26. The van der Waals surface area contributed by atoms with Gasteiger partial charge < -0.3 is 10.1 Å². The maximum Gasteiger partial charge on any atom is 0.124 e. The van der Waals surface area contributed by atoms with E-state index in [1.54, 1.807) is 6.08 Å². The zero-order valence-corrected chi connectivity index (χ0v) is 10.4. The molecule has 0 amide bonds. The third kappa shape index (κ3) is 3.70. The standard InChI is InChI=1S/C14H21NO/c1-5-12(4)16-14-8-7-11(3)9-13(14)10-15-6-2/h5,7-9,12,15H,1,6,10H2,2-4H3. The number of hydrogen-bond donors (Lipinski definition) is 1. The number of nitrogens with one attached hydrogen (secondary N) is 1. The second kappa shape index (κ2) is 6.33. The van der Waals surface area contributed by atoms with E-state index in [1.165, 1.54) is 11.1 Å². The summed E-state index contributed by atoms with van der Waals surface area (Å²) in [6.45, 7) is 11.7. The van der Waals surface area contributed by atoms with Gasteiger partial charge in [0.25, 0.3) is 0 Å². The number of ether oxygens (including phenoxy) is 1. The fourth-order valence-electron chi connectivity index (χ4n) is 1.47. The molecule has 0 bridgehead atoms. The van der Waals surface area contributed by atoms with Crippen molar-refractivity contribution in [3.8, 4) is 5.75 Å². The first kappa shape index (κ1) is 12.8. The fourth-order valence-corrected chi connectivity index (χ4v) is 1.47. The second-order valence-electron chi connectivity index (χ2n) is 3.95. The van der Waals surface area contributed by atoms with Gasteiger partial charge in [-0.3, -0.25) is 0 Å². The van der Waals surface area contributed by atoms with Crippen molar-refractivity contribution in [1.82, 2.24) is 5.32 Å². The Morgan fingerprint density at radius 3 is 2.88 bits per heavy atom. The van der Waals surface area contributed by atoms with Crippen LogP contribution in [0.4, 0.5) is 0 Å². The van der Waals surface area contributed by atoms with Gasteiger partial charge in [0.1, 0.15) is 11.9 Å². The molecule has 0 fully saturated rings. The Labute approximate surface area is 98.3 Å². The summed E-state index contributed by atoms with van der Waals surface area (Å²) in [5, 5.41) is 3.32. The highest BCUT2D eigenvalue weighted by Gasteiger charge is 2.06. The van der Waals surface area contributed by atoms with Gasteiger partial charge in [0.2, 0.25) is 0 Å². The van der Waals surface area contributed by atoms with Crippen molar-refractivity contribution < 1.29 is 4.74 Å². The summed E-state index contributed by atoms with van der Waals surface area (Å²) < 4.78 is 5.79. The van der Waals surface area contributed by atoms with Crippen LogP contribution in [0.5, 0.6) is 5.75 Å². The van der Waals surface area contributed by atoms with Gasteiger partial charge in [-0.2, -0.15) is 0 Å². The summed E-state index contributed by atoms with van der Waals surface area (Å²) in [7, 11) is 0. The smallest absolute Gasteiger partial charge is 0.124 e. The van der Waals surface area contributed by atoms with Crippen LogP contribution in [-0.4, -0.2) is 12.6 Å². The first-order chi connectivity index (χ1) is 7.67. The highest BCUT2D eigenvalue weighted by Crippen LogP contribution is 2.21. The van der Waals surface area contributed by atoms with Crippen molar-refractivity contribution in [1.29, 1.82) is 0 Å². The quantitative estimate of drug-likeness (QED) is 0.742. The molecule has 0 aliphatic rings. The SMILES string of the molecule is C=CC(C)Oc1ccc(C)cc1CNCC. The second-order valence-corrected chi connectivity index (χ2v) is 3.95. The maximum atomic E-state index is 5.79. The van der Waals surface area contributed by atoms with Crippen molar-refractivity contribution >= 4 is 0 Å². The molecule has 0 radical (unpaired) electrons. The number of aryl methyl sites for hydroxylation is 1. The van der Waals surface area contributed by atoms with Gasteiger partial charge in [-0.1, -0.05) is 37.3 Å². The van der Waals surface area contributed by atoms with Crippen molar-refractivity contribution in [2.24, 2.45) is 0 Å². The Morgan fingerprint density at radius 1 is 1.50 bits per heavy atom. The summed E-state index contributed by atoms with van der Waals surface area (Å²) in [4.78, 5) is 0. The predicted octanol–water partition coefficient (Wildman–Crippen LogP) is 3.06. The van der Waals surface area contributed by atoms with E-state index in [1.807, 2.05) is 13.0 Å². The lowest BCUT2D eigenvalue weighted by Gasteiger charge is -2.15. The topological polar surface area (TPSA) is 21.3 Å². The van der Waals surface area contributed by atoms with Crippen molar-refractivity contribution in [3.05, 3.63) is 42.0 Å². The number of benzene rings is 1. The average Bonchev–Trinajstić information content (AvgIpc) is 2.29. The van der Waals surface area contributed by atoms with Gasteiger partial charge >= 0.3 is 0 Å². The molecule has 1 aromatic carbocycles. The van der Waals surface area contributed by atoms with E-state index in [0.717, 1.165) is 18.8 Å². The Bertz CT molecular complexity index is 347. The lowest BCUT2D eigenvalue weighted by Crippen LogP contribution is -2.15. The molecular weight excluding hydrogens is 198 g/mol. The van der Waals surface area contributed by atoms with Crippen molar-refractivity contribution in [2.75, 3.05) is 6.54 Å². The van der Waals surface area contributed by atoms with Gasteiger partial charge in [0, 0.05) is 12.1 Å². The molecule has 0 aliphatic carbocycles. The summed E-state index contributed by atoms with van der Waals surface area (Å²) in [6.07, 6.45) is 1.85. The molecule has 2 nitrogen and oxygen atoms in total. The number of hydrogen-bond acceptors (Lipinski definition) is 2. The molecule has 0 spiro atoms. The van der Waals surface area contributed by atoms with Crippen LogP contribution in [0.15, 0.2) is 30.9 Å². The molecule has 1 rings (SSSR count).